The van der Waals surface area contributed by atoms with E-state index < -0.39 is 12.5 Å². The molecule has 1 atom stereocenters. The van der Waals surface area contributed by atoms with Crippen LogP contribution in [0.4, 0.5) is 8.78 Å². The van der Waals surface area contributed by atoms with Crippen LogP contribution in [0.5, 0.6) is 5.75 Å². The van der Waals surface area contributed by atoms with Gasteiger partial charge in [0.25, 0.3) is 6.43 Å². The molecule has 0 amide bonds. The predicted octanol–water partition coefficient (Wildman–Crippen LogP) is 1.08. The Balaban J connectivity index is 2.39. The van der Waals surface area contributed by atoms with Gasteiger partial charge >= 0.3 is 0 Å². The number of hydrogen-bond acceptors (Lipinski definition) is 4. The number of rotatable bonds is 8. The number of halogens is 2. The van der Waals surface area contributed by atoms with E-state index in [1.54, 1.807) is 6.07 Å². The lowest BCUT2D eigenvalue weighted by molar-refractivity contribution is 0.0471. The van der Waals surface area contributed by atoms with Gasteiger partial charge < -0.3 is 15.6 Å². The van der Waals surface area contributed by atoms with Gasteiger partial charge in [0.1, 0.15) is 18.5 Å². The molecule has 6 heteroatoms. The van der Waals surface area contributed by atoms with Crippen LogP contribution in [0.1, 0.15) is 5.56 Å². The monoisotopic (exact) mass is 274 g/mol. The van der Waals surface area contributed by atoms with E-state index in [1.807, 2.05) is 18.2 Å². The molecule has 0 saturated heterocycles. The van der Waals surface area contributed by atoms with Gasteiger partial charge in [-0.25, -0.2) is 8.78 Å². The van der Waals surface area contributed by atoms with Gasteiger partial charge in [0.2, 0.25) is 0 Å². The second-order valence-corrected chi connectivity index (χ2v) is 4.39. The van der Waals surface area contributed by atoms with Crippen molar-refractivity contribution in [2.24, 2.45) is 5.73 Å². The van der Waals surface area contributed by atoms with Crippen LogP contribution in [-0.2, 0) is 6.54 Å². The summed E-state index contributed by atoms with van der Waals surface area (Å²) >= 11 is 0. The zero-order valence-electron chi connectivity index (χ0n) is 10.9. The standard InChI is InChI=1S/C13H20F2N2O2/c1-17(8-13(14)15)7-11(18)9-19-12-5-3-2-4-10(12)6-16/h2-5,11,13,18H,6-9,16H2,1H3. The highest BCUT2D eigenvalue weighted by Crippen LogP contribution is 2.17. The molecule has 1 aromatic carbocycles. The maximum Gasteiger partial charge on any atom is 0.251 e. The second-order valence-electron chi connectivity index (χ2n) is 4.39. The zero-order valence-corrected chi connectivity index (χ0v) is 10.9. The molecule has 0 aliphatic rings. The fraction of sp³-hybridized carbons (Fsp3) is 0.538. The highest BCUT2D eigenvalue weighted by atomic mass is 19.3. The Hall–Kier alpha value is -1.24. The fourth-order valence-electron chi connectivity index (χ4n) is 1.72. The summed E-state index contributed by atoms with van der Waals surface area (Å²) in [4.78, 5) is 1.37. The highest BCUT2D eigenvalue weighted by Gasteiger charge is 2.13. The Bertz CT molecular complexity index is 377. The molecule has 108 valence electrons. The van der Waals surface area contributed by atoms with Gasteiger partial charge in [0, 0.05) is 18.7 Å². The van der Waals surface area contributed by atoms with Gasteiger partial charge in [-0.3, -0.25) is 4.90 Å². The summed E-state index contributed by atoms with van der Waals surface area (Å²) in [6.07, 6.45) is -3.23. The van der Waals surface area contributed by atoms with Crippen molar-refractivity contribution in [1.82, 2.24) is 4.90 Å². The van der Waals surface area contributed by atoms with E-state index in [9.17, 15) is 13.9 Å². The quantitative estimate of drug-likeness (QED) is 0.745. The van der Waals surface area contributed by atoms with Gasteiger partial charge in [-0.05, 0) is 13.1 Å². The van der Waals surface area contributed by atoms with Crippen LogP contribution >= 0.6 is 0 Å². The molecule has 0 radical (unpaired) electrons. The molecular weight excluding hydrogens is 254 g/mol. The zero-order chi connectivity index (χ0) is 14.3. The molecular formula is C13H20F2N2O2. The molecule has 0 heterocycles. The van der Waals surface area contributed by atoms with Crippen LogP contribution in [0.25, 0.3) is 0 Å². The summed E-state index contributed by atoms with van der Waals surface area (Å²) in [6.45, 7) is 0.160. The molecule has 0 fully saturated rings. The lowest BCUT2D eigenvalue weighted by Gasteiger charge is -2.20. The normalized spacial score (nSPS) is 13.0. The third-order valence-electron chi connectivity index (χ3n) is 2.60. The first-order valence-corrected chi connectivity index (χ1v) is 6.08. The minimum atomic E-state index is -2.41. The third-order valence-corrected chi connectivity index (χ3v) is 2.60. The van der Waals surface area contributed by atoms with Crippen molar-refractivity contribution in [2.75, 3.05) is 26.7 Å². The van der Waals surface area contributed by atoms with Crippen LogP contribution in [0, 0.1) is 0 Å². The van der Waals surface area contributed by atoms with E-state index in [2.05, 4.69) is 0 Å². The Kier molecular flexibility index (Phi) is 6.69. The molecule has 3 N–H and O–H groups in total. The number of likely N-dealkylation sites (N-methyl/N-ethyl adjacent to an activating group) is 1. The number of alkyl halides is 2. The minimum Gasteiger partial charge on any atom is -0.491 e. The highest BCUT2D eigenvalue weighted by molar-refractivity contribution is 5.32. The molecule has 1 unspecified atom stereocenters. The van der Waals surface area contributed by atoms with Gasteiger partial charge in [-0.2, -0.15) is 0 Å². The van der Waals surface area contributed by atoms with Crippen molar-refractivity contribution in [3.05, 3.63) is 29.8 Å². The summed E-state index contributed by atoms with van der Waals surface area (Å²) < 4.78 is 29.7. The van der Waals surface area contributed by atoms with Gasteiger partial charge in [-0.1, -0.05) is 18.2 Å². The van der Waals surface area contributed by atoms with Crippen molar-refractivity contribution < 1.29 is 18.6 Å². The summed E-state index contributed by atoms with van der Waals surface area (Å²) in [7, 11) is 1.53. The smallest absolute Gasteiger partial charge is 0.251 e. The van der Waals surface area contributed by atoms with Crippen molar-refractivity contribution >= 4 is 0 Å². The number of nitrogens with two attached hydrogens (primary N) is 1. The maximum atomic E-state index is 12.1. The van der Waals surface area contributed by atoms with E-state index in [0.29, 0.717) is 12.3 Å². The number of aliphatic hydroxyl groups excluding tert-OH is 1. The predicted molar refractivity (Wildman–Crippen MR) is 69.3 cm³/mol. The number of para-hydroxylation sites is 1. The lowest BCUT2D eigenvalue weighted by atomic mass is 10.2. The van der Waals surface area contributed by atoms with Crippen LogP contribution in [0.2, 0.25) is 0 Å². The first-order chi connectivity index (χ1) is 9.02. The van der Waals surface area contributed by atoms with Gasteiger partial charge in [0.05, 0.1) is 6.54 Å². The largest absolute Gasteiger partial charge is 0.491 e. The molecule has 1 rings (SSSR count). The number of aliphatic hydroxyl groups is 1. The molecule has 0 spiro atoms. The van der Waals surface area contributed by atoms with Crippen molar-refractivity contribution in [2.45, 2.75) is 19.1 Å². The summed E-state index contributed by atoms with van der Waals surface area (Å²) in [5.41, 5.74) is 6.40. The van der Waals surface area contributed by atoms with Gasteiger partial charge in [-0.15, -0.1) is 0 Å². The maximum absolute atomic E-state index is 12.1. The van der Waals surface area contributed by atoms with Crippen LogP contribution in [-0.4, -0.2) is 49.3 Å². The first-order valence-electron chi connectivity index (χ1n) is 6.08. The third kappa shape index (κ3) is 5.96. The average Bonchev–Trinajstić information content (AvgIpc) is 2.35. The minimum absolute atomic E-state index is 0.0462. The molecule has 4 nitrogen and oxygen atoms in total. The van der Waals surface area contributed by atoms with E-state index >= 15 is 0 Å². The molecule has 0 aliphatic carbocycles. The molecule has 0 aliphatic heterocycles. The average molecular weight is 274 g/mol. The number of hydrogen-bond donors (Lipinski definition) is 2. The van der Waals surface area contributed by atoms with Crippen LogP contribution < -0.4 is 10.5 Å². The number of ether oxygens (including phenoxy) is 1. The second kappa shape index (κ2) is 8.04. The molecule has 19 heavy (non-hydrogen) atoms. The van der Waals surface area contributed by atoms with Crippen molar-refractivity contribution in [3.8, 4) is 5.75 Å². The fourth-order valence-corrected chi connectivity index (χ4v) is 1.72. The number of nitrogens with zero attached hydrogens (tertiary/aromatic N) is 1. The first kappa shape index (κ1) is 15.8. The Morgan fingerprint density at radius 3 is 2.63 bits per heavy atom. The summed E-state index contributed by atoms with van der Waals surface area (Å²) in [5, 5.41) is 9.71. The van der Waals surface area contributed by atoms with E-state index in [1.165, 1.54) is 11.9 Å². The SMILES string of the molecule is CN(CC(F)F)CC(O)COc1ccccc1CN. The Labute approximate surface area is 111 Å². The summed E-state index contributed by atoms with van der Waals surface area (Å²) in [6, 6.07) is 7.26. The summed E-state index contributed by atoms with van der Waals surface area (Å²) in [5.74, 6) is 0.612. The Morgan fingerprint density at radius 2 is 2.00 bits per heavy atom. The van der Waals surface area contributed by atoms with E-state index in [0.717, 1.165) is 5.56 Å². The molecule has 0 aromatic heterocycles. The van der Waals surface area contributed by atoms with Crippen molar-refractivity contribution in [1.29, 1.82) is 0 Å². The topological polar surface area (TPSA) is 58.7 Å². The van der Waals surface area contributed by atoms with E-state index in [4.69, 9.17) is 10.5 Å². The van der Waals surface area contributed by atoms with Crippen molar-refractivity contribution in [3.63, 3.8) is 0 Å². The lowest BCUT2D eigenvalue weighted by Crippen LogP contribution is -2.35. The van der Waals surface area contributed by atoms with Crippen LogP contribution in [0.3, 0.4) is 0 Å². The Morgan fingerprint density at radius 1 is 1.32 bits per heavy atom. The molecule has 0 saturated carbocycles. The van der Waals surface area contributed by atoms with Gasteiger partial charge in [0.15, 0.2) is 0 Å². The molecule has 0 bridgehead atoms. The van der Waals surface area contributed by atoms with E-state index in [-0.39, 0.29) is 19.7 Å². The van der Waals surface area contributed by atoms with Crippen LogP contribution in [0.15, 0.2) is 24.3 Å². The number of benzene rings is 1. The molecule has 1 aromatic rings.